The third kappa shape index (κ3) is 1.21. The zero-order valence-electron chi connectivity index (χ0n) is 7.96. The fourth-order valence-electron chi connectivity index (χ4n) is 2.12. The van der Waals surface area contributed by atoms with Crippen LogP contribution >= 0.6 is 0 Å². The predicted octanol–water partition coefficient (Wildman–Crippen LogP) is 1.64. The minimum Gasteiger partial charge on any atom is -0.343 e. The third-order valence-corrected chi connectivity index (χ3v) is 2.91. The first kappa shape index (κ1) is 8.00. The van der Waals surface area contributed by atoms with Crippen LogP contribution in [0.1, 0.15) is 18.0 Å². The van der Waals surface area contributed by atoms with Crippen LogP contribution in [0, 0.1) is 0 Å². The summed E-state index contributed by atoms with van der Waals surface area (Å²) in [6.07, 6.45) is 3.06. The molecule has 0 amide bonds. The number of fused-ring (bicyclic) bond motifs is 1. The molecular formula is C11H13N3. The molecular weight excluding hydrogens is 174 g/mol. The lowest BCUT2D eigenvalue weighted by atomic mass is 10.1. The maximum absolute atomic E-state index is 4.30. The zero-order valence-corrected chi connectivity index (χ0v) is 7.96. The molecule has 0 unspecified atom stereocenters. The van der Waals surface area contributed by atoms with Gasteiger partial charge >= 0.3 is 0 Å². The Hall–Kier alpha value is -1.35. The molecule has 0 aromatic carbocycles. The molecule has 2 N–H and O–H groups in total. The van der Waals surface area contributed by atoms with E-state index in [0.717, 1.165) is 18.7 Å². The average molecular weight is 187 g/mol. The molecule has 14 heavy (non-hydrogen) atoms. The van der Waals surface area contributed by atoms with Crippen molar-refractivity contribution < 1.29 is 0 Å². The second-order valence-corrected chi connectivity index (χ2v) is 3.86. The number of aromatic amines is 1. The highest BCUT2D eigenvalue weighted by molar-refractivity contribution is 5.76. The summed E-state index contributed by atoms with van der Waals surface area (Å²) >= 11 is 0. The van der Waals surface area contributed by atoms with Gasteiger partial charge in [0.15, 0.2) is 0 Å². The van der Waals surface area contributed by atoms with Gasteiger partial charge in [0.05, 0.1) is 0 Å². The standard InChI is InChI=1S/C11H13N3/c1-2-8-6-10(9-3-5-12-7-9)14-11(8)13-4-1/h1-2,4,6,9,12H,3,5,7H2,(H,13,14)/t9-/m1/s1. The molecule has 1 saturated heterocycles. The van der Waals surface area contributed by atoms with Crippen LogP contribution in [0.3, 0.4) is 0 Å². The van der Waals surface area contributed by atoms with E-state index < -0.39 is 0 Å². The summed E-state index contributed by atoms with van der Waals surface area (Å²) in [7, 11) is 0. The van der Waals surface area contributed by atoms with Gasteiger partial charge in [0.2, 0.25) is 0 Å². The molecule has 3 rings (SSSR count). The van der Waals surface area contributed by atoms with Gasteiger partial charge in [-0.1, -0.05) is 0 Å². The molecule has 3 heteroatoms. The van der Waals surface area contributed by atoms with Crippen LogP contribution in [-0.2, 0) is 0 Å². The quantitative estimate of drug-likeness (QED) is 0.712. The smallest absolute Gasteiger partial charge is 0.137 e. The summed E-state index contributed by atoms with van der Waals surface area (Å²) in [5.74, 6) is 0.643. The van der Waals surface area contributed by atoms with Crippen LogP contribution in [0.5, 0.6) is 0 Å². The molecule has 0 spiro atoms. The lowest BCUT2D eigenvalue weighted by Crippen LogP contribution is -2.07. The predicted molar refractivity (Wildman–Crippen MR) is 56.3 cm³/mol. The van der Waals surface area contributed by atoms with Crippen molar-refractivity contribution in [3.05, 3.63) is 30.1 Å². The number of rotatable bonds is 1. The average Bonchev–Trinajstić information content (AvgIpc) is 2.86. The topological polar surface area (TPSA) is 40.7 Å². The molecule has 3 nitrogen and oxygen atoms in total. The molecule has 72 valence electrons. The highest BCUT2D eigenvalue weighted by atomic mass is 14.9. The van der Waals surface area contributed by atoms with Crippen molar-refractivity contribution in [3.63, 3.8) is 0 Å². The van der Waals surface area contributed by atoms with Crippen molar-refractivity contribution in [1.82, 2.24) is 15.3 Å². The summed E-state index contributed by atoms with van der Waals surface area (Å²) in [6, 6.07) is 6.30. The summed E-state index contributed by atoms with van der Waals surface area (Å²) < 4.78 is 0. The number of hydrogen-bond acceptors (Lipinski definition) is 2. The van der Waals surface area contributed by atoms with E-state index in [1.54, 1.807) is 0 Å². The Bertz CT molecular complexity index is 407. The maximum atomic E-state index is 4.30. The van der Waals surface area contributed by atoms with Crippen molar-refractivity contribution in [2.45, 2.75) is 12.3 Å². The fraction of sp³-hybridized carbons (Fsp3) is 0.364. The van der Waals surface area contributed by atoms with E-state index in [1.165, 1.54) is 17.5 Å². The monoisotopic (exact) mass is 187 g/mol. The van der Waals surface area contributed by atoms with E-state index in [-0.39, 0.29) is 0 Å². The maximum Gasteiger partial charge on any atom is 0.137 e. The third-order valence-electron chi connectivity index (χ3n) is 2.91. The molecule has 2 aromatic heterocycles. The fourth-order valence-corrected chi connectivity index (χ4v) is 2.12. The molecule has 1 fully saturated rings. The van der Waals surface area contributed by atoms with Crippen molar-refractivity contribution in [2.24, 2.45) is 0 Å². The van der Waals surface area contributed by atoms with Crippen molar-refractivity contribution >= 4 is 11.0 Å². The SMILES string of the molecule is c1cnc2[nH]c([C@@H]3CCNC3)cc2c1. The van der Waals surface area contributed by atoms with Crippen LogP contribution in [0.4, 0.5) is 0 Å². The Kier molecular flexibility index (Phi) is 1.77. The second-order valence-electron chi connectivity index (χ2n) is 3.86. The van der Waals surface area contributed by atoms with Crippen LogP contribution in [0.2, 0.25) is 0 Å². The number of hydrogen-bond donors (Lipinski definition) is 2. The molecule has 0 radical (unpaired) electrons. The number of nitrogens with one attached hydrogen (secondary N) is 2. The van der Waals surface area contributed by atoms with Gasteiger partial charge in [-0.3, -0.25) is 0 Å². The molecule has 2 aromatic rings. The Morgan fingerprint density at radius 1 is 1.43 bits per heavy atom. The summed E-state index contributed by atoms with van der Waals surface area (Å²) in [4.78, 5) is 7.68. The number of pyridine rings is 1. The highest BCUT2D eigenvalue weighted by Gasteiger charge is 2.18. The van der Waals surface area contributed by atoms with Gasteiger partial charge in [0.25, 0.3) is 0 Å². The van der Waals surface area contributed by atoms with Gasteiger partial charge < -0.3 is 10.3 Å². The molecule has 0 aliphatic carbocycles. The van der Waals surface area contributed by atoms with Gasteiger partial charge in [-0.2, -0.15) is 0 Å². The first-order valence-electron chi connectivity index (χ1n) is 5.08. The molecule has 3 heterocycles. The lowest BCUT2D eigenvalue weighted by Gasteiger charge is -2.03. The van der Waals surface area contributed by atoms with E-state index in [0.29, 0.717) is 5.92 Å². The van der Waals surface area contributed by atoms with E-state index in [2.05, 4.69) is 27.4 Å². The number of nitrogens with zero attached hydrogens (tertiary/aromatic N) is 1. The van der Waals surface area contributed by atoms with Gasteiger partial charge in [-0.05, 0) is 31.2 Å². The van der Waals surface area contributed by atoms with E-state index >= 15 is 0 Å². The van der Waals surface area contributed by atoms with Gasteiger partial charge in [0.1, 0.15) is 5.65 Å². The minimum absolute atomic E-state index is 0.643. The van der Waals surface area contributed by atoms with Gasteiger partial charge in [0, 0.05) is 29.7 Å². The summed E-state index contributed by atoms with van der Waals surface area (Å²) in [5.41, 5.74) is 2.33. The highest BCUT2D eigenvalue weighted by Crippen LogP contribution is 2.24. The normalized spacial score (nSPS) is 21.9. The number of H-pyrrole nitrogens is 1. The van der Waals surface area contributed by atoms with Gasteiger partial charge in [-0.15, -0.1) is 0 Å². The van der Waals surface area contributed by atoms with Crippen molar-refractivity contribution in [2.75, 3.05) is 13.1 Å². The zero-order chi connectivity index (χ0) is 9.38. The first-order valence-corrected chi connectivity index (χ1v) is 5.08. The lowest BCUT2D eigenvalue weighted by molar-refractivity contribution is 0.743. The molecule has 1 atom stereocenters. The van der Waals surface area contributed by atoms with E-state index in [9.17, 15) is 0 Å². The molecule has 1 aliphatic heterocycles. The first-order chi connectivity index (χ1) is 6.93. The van der Waals surface area contributed by atoms with Gasteiger partial charge in [-0.25, -0.2) is 4.98 Å². The van der Waals surface area contributed by atoms with Crippen LogP contribution < -0.4 is 5.32 Å². The Morgan fingerprint density at radius 2 is 2.43 bits per heavy atom. The van der Waals surface area contributed by atoms with Crippen LogP contribution in [0.25, 0.3) is 11.0 Å². The summed E-state index contributed by atoms with van der Waals surface area (Å²) in [5, 5.41) is 4.59. The summed E-state index contributed by atoms with van der Waals surface area (Å²) in [6.45, 7) is 2.22. The second kappa shape index (κ2) is 3.10. The Labute approximate surface area is 82.5 Å². The van der Waals surface area contributed by atoms with E-state index in [4.69, 9.17) is 0 Å². The van der Waals surface area contributed by atoms with E-state index in [1.807, 2.05) is 12.3 Å². The van der Waals surface area contributed by atoms with Crippen molar-refractivity contribution in [3.8, 4) is 0 Å². The molecule has 1 aliphatic rings. The minimum atomic E-state index is 0.643. The Morgan fingerprint density at radius 3 is 3.21 bits per heavy atom. The molecule has 0 bridgehead atoms. The largest absolute Gasteiger partial charge is 0.343 e. The Balaban J connectivity index is 2.05. The number of aromatic nitrogens is 2. The van der Waals surface area contributed by atoms with Crippen LogP contribution in [-0.4, -0.2) is 23.1 Å². The molecule has 0 saturated carbocycles. The van der Waals surface area contributed by atoms with Crippen molar-refractivity contribution in [1.29, 1.82) is 0 Å². The van der Waals surface area contributed by atoms with Crippen LogP contribution in [0.15, 0.2) is 24.4 Å².